The van der Waals surface area contributed by atoms with Gasteiger partial charge in [-0.25, -0.2) is 4.79 Å². The van der Waals surface area contributed by atoms with E-state index in [4.69, 9.17) is 20.3 Å². The second-order valence-electron chi connectivity index (χ2n) is 5.89. The number of amides is 1. The van der Waals surface area contributed by atoms with Crippen LogP contribution in [0.25, 0.3) is 0 Å². The molecule has 0 aliphatic rings. The van der Waals surface area contributed by atoms with E-state index in [1.807, 2.05) is 0 Å². The Labute approximate surface area is 134 Å². The number of aliphatic carboxylic acids is 1. The van der Waals surface area contributed by atoms with Crippen molar-refractivity contribution in [2.24, 2.45) is 5.73 Å². The predicted molar refractivity (Wildman–Crippen MR) is 83.4 cm³/mol. The van der Waals surface area contributed by atoms with Gasteiger partial charge in [-0.15, -0.1) is 0 Å². The van der Waals surface area contributed by atoms with E-state index in [1.54, 1.807) is 20.8 Å². The summed E-state index contributed by atoms with van der Waals surface area (Å²) in [7, 11) is 1.44. The van der Waals surface area contributed by atoms with Crippen LogP contribution in [0.3, 0.4) is 0 Å². The van der Waals surface area contributed by atoms with Crippen LogP contribution in [-0.2, 0) is 9.53 Å². The molecule has 0 bridgehead atoms. The van der Waals surface area contributed by atoms with E-state index in [0.29, 0.717) is 5.75 Å². The number of aliphatic hydroxyl groups is 1. The molecule has 1 aromatic carbocycles. The maximum Gasteiger partial charge on any atom is 0.412 e. The molecule has 2 atom stereocenters. The minimum absolute atomic E-state index is 0.145. The predicted octanol–water partition coefficient (Wildman–Crippen LogP) is 1.49. The molecule has 128 valence electrons. The minimum Gasteiger partial charge on any atom is -0.497 e. The average Bonchev–Trinajstić information content (AvgIpc) is 2.43. The minimum atomic E-state index is -1.54. The summed E-state index contributed by atoms with van der Waals surface area (Å²) in [5.41, 5.74) is 5.03. The normalized spacial score (nSPS) is 13.8. The summed E-state index contributed by atoms with van der Waals surface area (Å²) in [6, 6.07) is 2.85. The molecule has 5 N–H and O–H groups in total. The van der Waals surface area contributed by atoms with Crippen molar-refractivity contribution in [1.82, 2.24) is 0 Å². The molecule has 0 saturated heterocycles. The Balaban J connectivity index is 3.12. The third-order valence-corrected chi connectivity index (χ3v) is 2.84. The first-order valence-electron chi connectivity index (χ1n) is 6.89. The number of hydrogen-bond donors (Lipinski definition) is 4. The molecule has 2 unspecified atom stereocenters. The topological polar surface area (TPSA) is 131 Å². The molecular formula is C15H22N2O6. The molecule has 0 aliphatic carbocycles. The van der Waals surface area contributed by atoms with Crippen LogP contribution >= 0.6 is 0 Å². The van der Waals surface area contributed by atoms with Gasteiger partial charge in [-0.3, -0.25) is 10.1 Å². The fraction of sp³-hybridized carbons (Fsp3) is 0.467. The summed E-state index contributed by atoms with van der Waals surface area (Å²) < 4.78 is 10.2. The number of nitrogens with one attached hydrogen (secondary N) is 1. The van der Waals surface area contributed by atoms with Gasteiger partial charge in [-0.2, -0.15) is 0 Å². The Morgan fingerprint density at radius 1 is 1.30 bits per heavy atom. The lowest BCUT2D eigenvalue weighted by Crippen LogP contribution is -2.37. The van der Waals surface area contributed by atoms with Crippen LogP contribution in [0.5, 0.6) is 5.75 Å². The number of benzene rings is 1. The number of rotatable bonds is 5. The van der Waals surface area contributed by atoms with Crippen molar-refractivity contribution in [1.29, 1.82) is 0 Å². The number of carbonyl (C=O) groups excluding carboxylic acids is 1. The van der Waals surface area contributed by atoms with Crippen LogP contribution in [0.15, 0.2) is 18.2 Å². The van der Waals surface area contributed by atoms with E-state index in [-0.39, 0.29) is 11.3 Å². The van der Waals surface area contributed by atoms with Gasteiger partial charge in [0.1, 0.15) is 23.5 Å². The molecule has 1 aromatic rings. The first kappa shape index (κ1) is 18.7. The molecule has 8 heteroatoms. The lowest BCUT2D eigenvalue weighted by molar-refractivity contribution is -0.141. The Kier molecular flexibility index (Phi) is 5.94. The summed E-state index contributed by atoms with van der Waals surface area (Å²) in [6.07, 6.45) is -2.26. The van der Waals surface area contributed by atoms with Crippen molar-refractivity contribution in [3.05, 3.63) is 23.8 Å². The quantitative estimate of drug-likeness (QED) is 0.644. The standard InChI is InChI=1S/C15H22N2O6/c1-15(2,3)23-14(21)17-10-7-8(22-4)5-6-9(10)12(18)11(16)13(19)20/h5-7,11-12,18H,16H2,1-4H3,(H,17,21)(H,19,20). The van der Waals surface area contributed by atoms with Crippen LogP contribution in [0.2, 0.25) is 0 Å². The smallest absolute Gasteiger partial charge is 0.412 e. The summed E-state index contributed by atoms with van der Waals surface area (Å²) in [5, 5.41) is 21.5. The number of carboxylic acids is 1. The zero-order valence-electron chi connectivity index (χ0n) is 13.5. The number of carbonyl (C=O) groups is 2. The number of carboxylic acid groups (broad SMARTS) is 1. The molecular weight excluding hydrogens is 304 g/mol. The van der Waals surface area contributed by atoms with Crippen molar-refractivity contribution in [3.8, 4) is 5.75 Å². The summed E-state index contributed by atoms with van der Waals surface area (Å²) in [5.74, 6) is -0.951. The highest BCUT2D eigenvalue weighted by Gasteiger charge is 2.27. The van der Waals surface area contributed by atoms with Crippen LogP contribution in [0, 0.1) is 0 Å². The number of aliphatic hydroxyl groups excluding tert-OH is 1. The lowest BCUT2D eigenvalue weighted by atomic mass is 10.0. The number of hydrogen-bond acceptors (Lipinski definition) is 6. The number of nitrogens with two attached hydrogens (primary N) is 1. The van der Waals surface area contributed by atoms with Gasteiger partial charge >= 0.3 is 12.1 Å². The Hall–Kier alpha value is -2.32. The first-order valence-corrected chi connectivity index (χ1v) is 6.89. The highest BCUT2D eigenvalue weighted by atomic mass is 16.6. The number of methoxy groups -OCH3 is 1. The zero-order valence-corrected chi connectivity index (χ0v) is 13.5. The highest BCUT2D eigenvalue weighted by Crippen LogP contribution is 2.29. The van der Waals surface area contributed by atoms with Gasteiger partial charge in [-0.05, 0) is 26.8 Å². The first-order chi connectivity index (χ1) is 10.5. The largest absolute Gasteiger partial charge is 0.497 e. The lowest BCUT2D eigenvalue weighted by Gasteiger charge is -2.22. The Bertz CT molecular complexity index is 582. The van der Waals surface area contributed by atoms with Crippen molar-refractivity contribution in [3.63, 3.8) is 0 Å². The van der Waals surface area contributed by atoms with Crippen LogP contribution in [0.4, 0.5) is 10.5 Å². The maximum absolute atomic E-state index is 11.9. The van der Waals surface area contributed by atoms with Crippen molar-refractivity contribution < 1.29 is 29.3 Å². The van der Waals surface area contributed by atoms with E-state index in [0.717, 1.165) is 0 Å². The van der Waals surface area contributed by atoms with E-state index >= 15 is 0 Å². The Morgan fingerprint density at radius 2 is 1.91 bits per heavy atom. The van der Waals surface area contributed by atoms with E-state index in [2.05, 4.69) is 5.32 Å². The SMILES string of the molecule is COc1ccc(C(O)C(N)C(=O)O)c(NC(=O)OC(C)(C)C)c1. The molecule has 0 heterocycles. The van der Waals surface area contributed by atoms with Gasteiger partial charge in [0.2, 0.25) is 0 Å². The van der Waals surface area contributed by atoms with Crippen LogP contribution < -0.4 is 15.8 Å². The third kappa shape index (κ3) is 5.42. The van der Waals surface area contributed by atoms with Crippen molar-refractivity contribution >= 4 is 17.7 Å². The van der Waals surface area contributed by atoms with Crippen molar-refractivity contribution in [2.45, 2.75) is 38.5 Å². The monoisotopic (exact) mass is 326 g/mol. The molecule has 23 heavy (non-hydrogen) atoms. The fourth-order valence-electron chi connectivity index (χ4n) is 1.77. The molecule has 0 spiro atoms. The van der Waals surface area contributed by atoms with Gasteiger partial charge < -0.3 is 25.4 Å². The van der Waals surface area contributed by atoms with Crippen LogP contribution in [0.1, 0.15) is 32.4 Å². The molecule has 0 saturated carbocycles. The Morgan fingerprint density at radius 3 is 2.39 bits per heavy atom. The van der Waals surface area contributed by atoms with Gasteiger partial charge in [0.05, 0.1) is 12.8 Å². The number of ether oxygens (including phenoxy) is 2. The zero-order chi connectivity index (χ0) is 17.8. The van der Waals surface area contributed by atoms with Gasteiger partial charge in [-0.1, -0.05) is 6.07 Å². The highest BCUT2D eigenvalue weighted by molar-refractivity contribution is 5.87. The van der Waals surface area contributed by atoms with Crippen molar-refractivity contribution in [2.75, 3.05) is 12.4 Å². The number of anilines is 1. The molecule has 1 amide bonds. The molecule has 0 aromatic heterocycles. The third-order valence-electron chi connectivity index (χ3n) is 2.84. The van der Waals surface area contributed by atoms with Gasteiger partial charge in [0.25, 0.3) is 0 Å². The van der Waals surface area contributed by atoms with E-state index < -0.39 is 29.8 Å². The second kappa shape index (κ2) is 7.30. The second-order valence-corrected chi connectivity index (χ2v) is 5.89. The summed E-state index contributed by atoms with van der Waals surface area (Å²) in [6.45, 7) is 5.11. The van der Waals surface area contributed by atoms with Gasteiger partial charge in [0, 0.05) is 11.6 Å². The average molecular weight is 326 g/mol. The maximum atomic E-state index is 11.9. The van der Waals surface area contributed by atoms with Gasteiger partial charge in [0.15, 0.2) is 0 Å². The molecule has 0 fully saturated rings. The molecule has 8 nitrogen and oxygen atoms in total. The van der Waals surface area contributed by atoms with E-state index in [9.17, 15) is 14.7 Å². The molecule has 0 aliphatic heterocycles. The van der Waals surface area contributed by atoms with E-state index in [1.165, 1.54) is 25.3 Å². The van der Waals surface area contributed by atoms with Crippen LogP contribution in [-0.4, -0.2) is 41.0 Å². The summed E-state index contributed by atoms with van der Waals surface area (Å²) >= 11 is 0. The molecule has 0 radical (unpaired) electrons. The molecule has 1 rings (SSSR count). The summed E-state index contributed by atoms with van der Waals surface area (Å²) in [4.78, 5) is 22.8. The fourth-order valence-corrected chi connectivity index (χ4v) is 1.77.